The highest BCUT2D eigenvalue weighted by Crippen LogP contribution is 2.61. The Labute approximate surface area is 168 Å². The Bertz CT molecular complexity index is 569. The van der Waals surface area contributed by atoms with Gasteiger partial charge in [-0.25, -0.2) is 9.78 Å². The molecule has 2 unspecified atom stereocenters. The third kappa shape index (κ3) is 3.14. The summed E-state index contributed by atoms with van der Waals surface area (Å²) in [6.07, 6.45) is 2.24. The molecule has 4 heterocycles. The highest BCUT2D eigenvalue weighted by molar-refractivity contribution is 5.13. The van der Waals surface area contributed by atoms with E-state index in [4.69, 9.17) is 24.0 Å². The first-order valence-corrected chi connectivity index (χ1v) is 11.0. The average molecular weight is 400 g/mol. The van der Waals surface area contributed by atoms with E-state index < -0.39 is 29.6 Å². The minimum atomic E-state index is -1.18. The van der Waals surface area contributed by atoms with Crippen molar-refractivity contribution >= 4 is 0 Å². The van der Waals surface area contributed by atoms with Crippen molar-refractivity contribution in [3.8, 4) is 0 Å². The van der Waals surface area contributed by atoms with Gasteiger partial charge < -0.3 is 24.2 Å². The van der Waals surface area contributed by atoms with Crippen LogP contribution in [0.15, 0.2) is 0 Å². The van der Waals surface area contributed by atoms with Crippen molar-refractivity contribution in [2.75, 3.05) is 26.2 Å². The van der Waals surface area contributed by atoms with Crippen LogP contribution in [0.3, 0.4) is 0 Å². The van der Waals surface area contributed by atoms with Gasteiger partial charge in [-0.1, -0.05) is 20.8 Å². The summed E-state index contributed by atoms with van der Waals surface area (Å²) in [6, 6.07) is 0. The number of rotatable bonds is 6. The van der Waals surface area contributed by atoms with Crippen molar-refractivity contribution in [1.82, 2.24) is 4.90 Å². The SMILES string of the molecule is CCN(CC)CCO[C@@H]1O[C@@H]2O[C@@]3(C)CCC4[C@H](C)CCC([C@]42OO3)[C@]1(C)O. The molecule has 28 heavy (non-hydrogen) atoms. The van der Waals surface area contributed by atoms with Crippen molar-refractivity contribution in [3.63, 3.8) is 0 Å². The first-order valence-electron chi connectivity index (χ1n) is 11.0. The second kappa shape index (κ2) is 7.45. The third-order valence-electron chi connectivity index (χ3n) is 7.72. The summed E-state index contributed by atoms with van der Waals surface area (Å²) < 4.78 is 18.7. The number of likely N-dealkylation sites (N-methyl/N-ethyl adjacent to an activating group) is 1. The van der Waals surface area contributed by atoms with E-state index in [0.29, 0.717) is 12.5 Å². The number of hydrogen-bond donors (Lipinski definition) is 1. The lowest BCUT2D eigenvalue weighted by Gasteiger charge is -2.62. The van der Waals surface area contributed by atoms with Crippen LogP contribution in [0, 0.1) is 17.8 Å². The van der Waals surface area contributed by atoms with Crippen LogP contribution in [0.25, 0.3) is 0 Å². The molecule has 7 heteroatoms. The highest BCUT2D eigenvalue weighted by atomic mass is 17.3. The van der Waals surface area contributed by atoms with Crippen LogP contribution in [-0.2, 0) is 24.0 Å². The standard InChI is InChI=1S/C21H37NO6/c1-6-22(7-2)12-13-24-17-20(5,23)16-9-8-14(3)15-10-11-19(4)26-18(25-17)21(15,16)28-27-19/h14-18,23H,6-13H2,1-5H3/t14-,15?,16?,17-,18-,19-,20+,21-/m1/s1. The predicted molar refractivity (Wildman–Crippen MR) is 102 cm³/mol. The van der Waals surface area contributed by atoms with Crippen molar-refractivity contribution in [2.45, 2.75) is 89.9 Å². The van der Waals surface area contributed by atoms with Crippen molar-refractivity contribution in [1.29, 1.82) is 0 Å². The molecule has 8 atom stereocenters. The van der Waals surface area contributed by atoms with Gasteiger partial charge in [0.2, 0.25) is 5.79 Å². The fourth-order valence-corrected chi connectivity index (χ4v) is 5.92. The first kappa shape index (κ1) is 21.0. The Morgan fingerprint density at radius 3 is 2.57 bits per heavy atom. The Morgan fingerprint density at radius 1 is 1.11 bits per heavy atom. The van der Waals surface area contributed by atoms with Crippen molar-refractivity contribution < 1.29 is 29.1 Å². The lowest BCUT2D eigenvalue weighted by molar-refractivity contribution is -0.584. The minimum Gasteiger partial charge on any atom is -0.384 e. The van der Waals surface area contributed by atoms with E-state index in [1.54, 1.807) is 0 Å². The molecule has 162 valence electrons. The second-order valence-electron chi connectivity index (χ2n) is 9.45. The van der Waals surface area contributed by atoms with Gasteiger partial charge in [0.15, 0.2) is 18.2 Å². The van der Waals surface area contributed by atoms with Gasteiger partial charge in [0, 0.05) is 18.9 Å². The molecular weight excluding hydrogens is 362 g/mol. The number of aliphatic hydroxyl groups is 1. The molecule has 5 rings (SSSR count). The summed E-state index contributed by atoms with van der Waals surface area (Å²) in [4.78, 5) is 14.2. The second-order valence-corrected chi connectivity index (χ2v) is 9.45. The fraction of sp³-hybridized carbons (Fsp3) is 1.00. The molecular formula is C21H37NO6. The molecule has 5 fully saturated rings. The molecule has 4 aliphatic heterocycles. The average Bonchev–Trinajstić information content (AvgIpc) is 2.89. The molecule has 0 aromatic heterocycles. The lowest BCUT2D eigenvalue weighted by atomic mass is 9.57. The topological polar surface area (TPSA) is 69.6 Å². The molecule has 0 amide bonds. The normalized spacial score (nSPS) is 50.5. The monoisotopic (exact) mass is 399 g/mol. The number of fused-ring (bicyclic) bond motifs is 2. The highest BCUT2D eigenvalue weighted by Gasteiger charge is 2.73. The van der Waals surface area contributed by atoms with E-state index in [-0.39, 0.29) is 11.8 Å². The van der Waals surface area contributed by atoms with Gasteiger partial charge in [0.25, 0.3) is 0 Å². The summed E-state index contributed by atoms with van der Waals surface area (Å²) >= 11 is 0. The van der Waals surface area contributed by atoms with Gasteiger partial charge in [0.05, 0.1) is 6.61 Å². The maximum Gasteiger partial charge on any atom is 0.201 e. The number of hydrogen-bond acceptors (Lipinski definition) is 7. The van der Waals surface area contributed by atoms with E-state index in [1.165, 1.54) is 0 Å². The van der Waals surface area contributed by atoms with E-state index in [2.05, 4.69) is 25.7 Å². The molecule has 1 N–H and O–H groups in total. The smallest absolute Gasteiger partial charge is 0.201 e. The van der Waals surface area contributed by atoms with Crippen molar-refractivity contribution in [2.24, 2.45) is 17.8 Å². The molecule has 1 aliphatic carbocycles. The maximum absolute atomic E-state index is 11.6. The molecule has 5 aliphatic rings. The van der Waals surface area contributed by atoms with E-state index in [0.717, 1.165) is 45.3 Å². The van der Waals surface area contributed by atoms with Crippen LogP contribution in [0.2, 0.25) is 0 Å². The van der Waals surface area contributed by atoms with Crippen LogP contribution >= 0.6 is 0 Å². The van der Waals surface area contributed by atoms with Crippen LogP contribution in [-0.4, -0.2) is 65.8 Å². The maximum atomic E-state index is 11.6. The summed E-state index contributed by atoms with van der Waals surface area (Å²) in [5, 5.41) is 11.6. The van der Waals surface area contributed by atoms with Crippen molar-refractivity contribution in [3.05, 3.63) is 0 Å². The van der Waals surface area contributed by atoms with E-state index >= 15 is 0 Å². The van der Waals surface area contributed by atoms with Gasteiger partial charge >= 0.3 is 0 Å². The summed E-state index contributed by atoms with van der Waals surface area (Å²) in [6.45, 7) is 13.5. The van der Waals surface area contributed by atoms with Crippen LogP contribution in [0.1, 0.15) is 60.3 Å². The Hall–Kier alpha value is -0.280. The Morgan fingerprint density at radius 2 is 1.86 bits per heavy atom. The molecule has 1 saturated carbocycles. The van der Waals surface area contributed by atoms with Gasteiger partial charge in [-0.15, -0.1) is 0 Å². The Balaban J connectivity index is 1.59. The molecule has 0 aromatic rings. The van der Waals surface area contributed by atoms with Gasteiger partial charge in [0.1, 0.15) is 5.60 Å². The van der Waals surface area contributed by atoms with Gasteiger partial charge in [-0.3, -0.25) is 0 Å². The number of nitrogens with zero attached hydrogens (tertiary/aromatic N) is 1. The molecule has 1 spiro atoms. The van der Waals surface area contributed by atoms with Gasteiger partial charge in [-0.05, 0) is 58.0 Å². The molecule has 0 aromatic carbocycles. The van der Waals surface area contributed by atoms with E-state index in [9.17, 15) is 5.11 Å². The summed E-state index contributed by atoms with van der Waals surface area (Å²) in [7, 11) is 0. The molecule has 4 saturated heterocycles. The zero-order chi connectivity index (χ0) is 20.2. The Kier molecular flexibility index (Phi) is 5.58. The minimum absolute atomic E-state index is 0.166. The largest absolute Gasteiger partial charge is 0.384 e. The quantitative estimate of drug-likeness (QED) is 0.689. The predicted octanol–water partition coefficient (Wildman–Crippen LogP) is 2.67. The van der Waals surface area contributed by atoms with Gasteiger partial charge in [-0.2, -0.15) is 0 Å². The van der Waals surface area contributed by atoms with E-state index in [1.807, 2.05) is 13.8 Å². The van der Waals surface area contributed by atoms with Crippen LogP contribution < -0.4 is 0 Å². The number of ether oxygens (including phenoxy) is 3. The summed E-state index contributed by atoms with van der Waals surface area (Å²) in [5.74, 6) is -0.289. The summed E-state index contributed by atoms with van der Waals surface area (Å²) in [5.41, 5.74) is -1.96. The zero-order valence-corrected chi connectivity index (χ0v) is 18.0. The van der Waals surface area contributed by atoms with Crippen LogP contribution in [0.5, 0.6) is 0 Å². The molecule has 2 bridgehead atoms. The zero-order valence-electron chi connectivity index (χ0n) is 18.0. The molecule has 0 radical (unpaired) electrons. The lowest BCUT2D eigenvalue weighted by Crippen LogP contribution is -2.75. The first-order chi connectivity index (χ1) is 13.3. The third-order valence-corrected chi connectivity index (χ3v) is 7.72. The van der Waals surface area contributed by atoms with Crippen LogP contribution in [0.4, 0.5) is 0 Å². The molecule has 7 nitrogen and oxygen atoms in total. The fourth-order valence-electron chi connectivity index (χ4n) is 5.92.